The zero-order valence-corrected chi connectivity index (χ0v) is 5.86. The Morgan fingerprint density at radius 1 is 2.00 bits per heavy atom. The molecule has 0 bridgehead atoms. The molecule has 0 radical (unpaired) electrons. The molecule has 0 heterocycles. The largest absolute Gasteiger partial charge is 0.450 e. The number of hydrogen-bond acceptors (Lipinski definition) is 2. The lowest BCUT2D eigenvalue weighted by molar-refractivity contribution is 0.153. The van der Waals surface area contributed by atoms with Crippen molar-refractivity contribution in [3.63, 3.8) is 0 Å². The summed E-state index contributed by atoms with van der Waals surface area (Å²) in [7, 11) is 0. The second-order valence-electron chi connectivity index (χ2n) is 1.21. The van der Waals surface area contributed by atoms with Crippen LogP contribution in [0.2, 0.25) is 0 Å². The number of amides is 1. The molecule has 0 aliphatic carbocycles. The van der Waals surface area contributed by atoms with Crippen LogP contribution in [0.5, 0.6) is 0 Å². The molecule has 0 aliphatic heterocycles. The topological polar surface area (TPSA) is 38.3 Å². The van der Waals surface area contributed by atoms with Gasteiger partial charge in [0.25, 0.3) is 0 Å². The third-order valence-corrected chi connectivity index (χ3v) is 0.709. The van der Waals surface area contributed by atoms with Crippen molar-refractivity contribution < 1.29 is 12.3 Å². The average molecular weight is 154 g/mol. The molecule has 0 rings (SSSR count). The number of rotatable bonds is 3. The van der Waals surface area contributed by atoms with E-state index in [9.17, 15) is 4.79 Å². The van der Waals surface area contributed by atoms with Gasteiger partial charge in [0.1, 0.15) is 0 Å². The van der Waals surface area contributed by atoms with Crippen LogP contribution in [0.15, 0.2) is 0 Å². The zero-order valence-electron chi connectivity index (χ0n) is 7.11. The first-order chi connectivity index (χ1) is 4.95. The molecule has 4 heteroatoms. The average Bonchev–Trinajstić information content (AvgIpc) is 1.83. The lowest BCUT2D eigenvalue weighted by atomic mass is 10.7. The fraction of sp³-hybridized carbons (Fsp3) is 0.800. The number of ether oxygens (including phenoxy) is 1. The maximum Gasteiger partial charge on any atom is 0.407 e. The minimum absolute atomic E-state index is 0.257. The van der Waals surface area contributed by atoms with Crippen LogP contribution in [-0.4, -0.2) is 25.1 Å². The van der Waals surface area contributed by atoms with Crippen LogP contribution < -0.4 is 5.32 Å². The molecule has 0 atom stereocenters. The summed E-state index contributed by atoms with van der Waals surface area (Å²) in [4.78, 5) is 10.5. The summed E-state index contributed by atoms with van der Waals surface area (Å²) >= 11 is 5.14. The Kier molecular flexibility index (Phi) is 3.39. The second-order valence-corrected chi connectivity index (χ2v) is 1.47. The summed E-state index contributed by atoms with van der Waals surface area (Å²) in [6.07, 6.45) is -0.656. The Morgan fingerprint density at radius 3 is 3.11 bits per heavy atom. The first-order valence-electron chi connectivity index (χ1n) is 3.55. The molecule has 0 fully saturated rings. The SMILES string of the molecule is [2H]C([2H])(Cl)CNC(=O)OCC. The van der Waals surface area contributed by atoms with Crippen molar-refractivity contribution in [2.24, 2.45) is 0 Å². The molecule has 0 aromatic rings. The molecule has 54 valence electrons. The quantitative estimate of drug-likeness (QED) is 0.614. The van der Waals surface area contributed by atoms with E-state index in [1.54, 1.807) is 6.92 Å². The third kappa shape index (κ3) is 5.43. The summed E-state index contributed by atoms with van der Waals surface area (Å²) in [6.45, 7) is 1.67. The van der Waals surface area contributed by atoms with Gasteiger partial charge in [-0.1, -0.05) is 0 Å². The number of nitrogens with one attached hydrogen (secondary N) is 1. The highest BCUT2D eigenvalue weighted by molar-refractivity contribution is 6.18. The molecule has 9 heavy (non-hydrogen) atoms. The van der Waals surface area contributed by atoms with Crippen molar-refractivity contribution in [3.05, 3.63) is 0 Å². The number of alkyl halides is 1. The van der Waals surface area contributed by atoms with Crippen LogP contribution in [0.25, 0.3) is 0 Å². The lowest BCUT2D eigenvalue weighted by Gasteiger charge is -2.00. The molecule has 0 aliphatic rings. The predicted molar refractivity (Wildman–Crippen MR) is 35.7 cm³/mol. The van der Waals surface area contributed by atoms with E-state index < -0.39 is 11.9 Å². The van der Waals surface area contributed by atoms with Crippen LogP contribution in [0.4, 0.5) is 4.79 Å². The van der Waals surface area contributed by atoms with Gasteiger partial charge in [-0.05, 0) is 6.92 Å². The van der Waals surface area contributed by atoms with Crippen molar-refractivity contribution in [3.8, 4) is 0 Å². The van der Waals surface area contributed by atoms with Gasteiger partial charge in [0.05, 0.1) is 6.61 Å². The second kappa shape index (κ2) is 5.69. The van der Waals surface area contributed by atoms with Gasteiger partial charge in [-0.25, -0.2) is 4.79 Å². The van der Waals surface area contributed by atoms with Gasteiger partial charge >= 0.3 is 6.09 Å². The van der Waals surface area contributed by atoms with Gasteiger partial charge in [-0.15, -0.1) is 11.6 Å². The maximum atomic E-state index is 10.5. The standard InChI is InChI=1S/C5H10ClNO2/c1-2-9-5(8)7-4-3-6/h2-4H2,1H3,(H,7,8)/i3D2. The van der Waals surface area contributed by atoms with Gasteiger partial charge in [0, 0.05) is 15.1 Å². The molecule has 1 N–H and O–H groups in total. The Morgan fingerprint density at radius 2 is 2.67 bits per heavy atom. The number of halogens is 1. The fourth-order valence-electron chi connectivity index (χ4n) is 0.288. The van der Waals surface area contributed by atoms with E-state index in [-0.39, 0.29) is 13.2 Å². The summed E-state index contributed by atoms with van der Waals surface area (Å²) < 4.78 is 18.1. The van der Waals surface area contributed by atoms with E-state index in [2.05, 4.69) is 10.1 Å². The van der Waals surface area contributed by atoms with Gasteiger partial charge in [-0.3, -0.25) is 0 Å². The number of carbonyl (C=O) groups is 1. The Labute approximate surface area is 62.1 Å². The highest BCUT2D eigenvalue weighted by Gasteiger charge is 1.95. The van der Waals surface area contributed by atoms with Gasteiger partial charge in [-0.2, -0.15) is 0 Å². The van der Waals surface area contributed by atoms with Gasteiger partial charge < -0.3 is 10.1 Å². The van der Waals surface area contributed by atoms with Crippen molar-refractivity contribution in [1.29, 1.82) is 0 Å². The highest BCUT2D eigenvalue weighted by atomic mass is 35.5. The van der Waals surface area contributed by atoms with Crippen LogP contribution >= 0.6 is 11.6 Å². The zero-order chi connectivity index (χ0) is 8.91. The van der Waals surface area contributed by atoms with Gasteiger partial charge in [0.2, 0.25) is 0 Å². The molecule has 0 aromatic carbocycles. The van der Waals surface area contributed by atoms with E-state index >= 15 is 0 Å². The van der Waals surface area contributed by atoms with Crippen LogP contribution in [0, 0.1) is 0 Å². The fourth-order valence-corrected chi connectivity index (χ4v) is 0.355. The maximum absolute atomic E-state index is 10.5. The van der Waals surface area contributed by atoms with E-state index in [1.165, 1.54) is 0 Å². The first-order valence-corrected chi connectivity index (χ1v) is 2.93. The molecule has 0 spiro atoms. The number of alkyl carbamates (subject to hydrolysis) is 1. The molecular formula is C5H10ClNO2. The van der Waals surface area contributed by atoms with Crippen molar-refractivity contribution >= 4 is 17.7 Å². The molecule has 0 saturated heterocycles. The van der Waals surface area contributed by atoms with Gasteiger partial charge in [0.15, 0.2) is 0 Å². The molecule has 3 nitrogen and oxygen atoms in total. The highest BCUT2D eigenvalue weighted by Crippen LogP contribution is 1.76. The first kappa shape index (κ1) is 5.35. The molecule has 1 amide bonds. The summed E-state index contributed by atoms with van der Waals surface area (Å²) in [5.41, 5.74) is 0. The number of hydrogen-bond donors (Lipinski definition) is 1. The summed E-state index contributed by atoms with van der Waals surface area (Å²) in [5, 5.41) is 2.16. The molecule has 0 saturated carbocycles. The Bertz CT molecular complexity index is 137. The van der Waals surface area contributed by atoms with Crippen molar-refractivity contribution in [2.45, 2.75) is 6.92 Å². The Balaban J connectivity index is 3.46. The van der Waals surface area contributed by atoms with E-state index in [1.807, 2.05) is 0 Å². The predicted octanol–water partition coefficient (Wildman–Crippen LogP) is 0.971. The van der Waals surface area contributed by atoms with Crippen LogP contribution in [0.3, 0.4) is 0 Å². The van der Waals surface area contributed by atoms with E-state index in [0.29, 0.717) is 0 Å². The van der Waals surface area contributed by atoms with Crippen LogP contribution in [-0.2, 0) is 4.74 Å². The van der Waals surface area contributed by atoms with Crippen LogP contribution in [0.1, 0.15) is 9.67 Å². The van der Waals surface area contributed by atoms with E-state index in [0.717, 1.165) is 0 Å². The minimum Gasteiger partial charge on any atom is -0.450 e. The Hall–Kier alpha value is -0.440. The van der Waals surface area contributed by atoms with E-state index in [4.69, 9.17) is 14.3 Å². The lowest BCUT2D eigenvalue weighted by Crippen LogP contribution is -2.25. The van der Waals surface area contributed by atoms with Crippen molar-refractivity contribution in [2.75, 3.05) is 19.0 Å². The number of carbonyl (C=O) groups excluding carboxylic acids is 1. The summed E-state index contributed by atoms with van der Waals surface area (Å²) in [5.74, 6) is -1.91. The minimum atomic E-state index is -1.91. The molecular weight excluding hydrogens is 142 g/mol. The smallest absolute Gasteiger partial charge is 0.407 e. The molecule has 0 unspecified atom stereocenters. The normalized spacial score (nSPS) is 13.6. The summed E-state index contributed by atoms with van der Waals surface area (Å²) in [6, 6.07) is 0. The third-order valence-electron chi connectivity index (χ3n) is 0.575. The monoisotopic (exact) mass is 153 g/mol. The van der Waals surface area contributed by atoms with Crippen molar-refractivity contribution in [1.82, 2.24) is 5.32 Å². The molecule has 0 aromatic heterocycles.